The molecule has 0 aromatic carbocycles. The molecule has 0 radical (unpaired) electrons. The van der Waals surface area contributed by atoms with Gasteiger partial charge in [-0.3, -0.25) is 4.90 Å². The Morgan fingerprint density at radius 3 is 2.54 bits per heavy atom. The second kappa shape index (κ2) is 3.95. The molecule has 2 saturated heterocycles. The summed E-state index contributed by atoms with van der Waals surface area (Å²) in [5.74, 6) is 0. The Kier molecular flexibility index (Phi) is 2.86. The van der Waals surface area contributed by atoms with Crippen LogP contribution in [-0.2, 0) is 4.74 Å². The van der Waals surface area contributed by atoms with Crippen LogP contribution in [0, 0.1) is 0 Å². The highest BCUT2D eigenvalue weighted by atomic mass is 16.5. The molecule has 0 amide bonds. The third kappa shape index (κ3) is 2.22. The van der Waals surface area contributed by atoms with E-state index in [2.05, 4.69) is 24.1 Å². The van der Waals surface area contributed by atoms with E-state index in [1.165, 1.54) is 19.5 Å². The molecule has 0 aliphatic carbocycles. The lowest BCUT2D eigenvalue weighted by Crippen LogP contribution is -2.51. The highest BCUT2D eigenvalue weighted by Crippen LogP contribution is 2.14. The van der Waals surface area contributed by atoms with Gasteiger partial charge in [0.05, 0.1) is 19.3 Å². The molecule has 1 unspecified atom stereocenters. The summed E-state index contributed by atoms with van der Waals surface area (Å²) >= 11 is 0. The molecule has 76 valence electrons. The van der Waals surface area contributed by atoms with Gasteiger partial charge in [0.1, 0.15) is 0 Å². The third-order valence-corrected chi connectivity index (χ3v) is 3.06. The number of rotatable bonds is 3. The fraction of sp³-hybridized carbons (Fsp3) is 1.00. The largest absolute Gasteiger partial charge is 0.378 e. The smallest absolute Gasteiger partial charge is 0.0643 e. The summed E-state index contributed by atoms with van der Waals surface area (Å²) in [5.41, 5.74) is 0. The lowest BCUT2D eigenvalue weighted by atomic mass is 10.2. The van der Waals surface area contributed by atoms with Crippen molar-refractivity contribution in [3.05, 3.63) is 0 Å². The Morgan fingerprint density at radius 1 is 1.31 bits per heavy atom. The number of nitrogens with one attached hydrogen (secondary N) is 1. The molecule has 0 aromatic heterocycles. The summed E-state index contributed by atoms with van der Waals surface area (Å²) in [6.07, 6.45) is 1.30. The molecule has 0 saturated carbocycles. The fourth-order valence-electron chi connectivity index (χ4n) is 2.06. The van der Waals surface area contributed by atoms with Crippen molar-refractivity contribution in [3.8, 4) is 0 Å². The van der Waals surface area contributed by atoms with E-state index in [-0.39, 0.29) is 0 Å². The van der Waals surface area contributed by atoms with Crippen LogP contribution in [0.4, 0.5) is 0 Å². The van der Waals surface area contributed by atoms with Crippen LogP contribution in [-0.4, -0.2) is 49.3 Å². The number of hydrogen-bond acceptors (Lipinski definition) is 3. The van der Waals surface area contributed by atoms with Crippen LogP contribution in [0.25, 0.3) is 0 Å². The molecular weight excluding hydrogens is 164 g/mol. The number of nitrogens with zero attached hydrogens (tertiary/aromatic N) is 1. The molecule has 1 atom stereocenters. The molecule has 2 aliphatic rings. The molecular formula is C10H20N2O. The van der Waals surface area contributed by atoms with E-state index in [1.54, 1.807) is 0 Å². The predicted octanol–water partition coefficient (Wildman–Crippen LogP) is 0.457. The van der Waals surface area contributed by atoms with Gasteiger partial charge in [0.15, 0.2) is 0 Å². The average molecular weight is 184 g/mol. The molecule has 2 rings (SSSR count). The maximum Gasteiger partial charge on any atom is 0.0643 e. The summed E-state index contributed by atoms with van der Waals surface area (Å²) in [4.78, 5) is 2.54. The number of likely N-dealkylation sites (tertiary alicyclic amines) is 1. The van der Waals surface area contributed by atoms with Crippen LogP contribution >= 0.6 is 0 Å². The zero-order valence-electron chi connectivity index (χ0n) is 8.62. The number of hydrogen-bond donors (Lipinski definition) is 1. The Balaban J connectivity index is 1.71. The predicted molar refractivity (Wildman–Crippen MR) is 52.9 cm³/mol. The Labute approximate surface area is 80.4 Å². The van der Waals surface area contributed by atoms with Crippen molar-refractivity contribution in [2.24, 2.45) is 0 Å². The second-order valence-electron chi connectivity index (χ2n) is 4.48. The van der Waals surface area contributed by atoms with Crippen molar-refractivity contribution in [1.82, 2.24) is 10.2 Å². The van der Waals surface area contributed by atoms with Crippen LogP contribution in [0.2, 0.25) is 0 Å². The highest BCUT2D eigenvalue weighted by molar-refractivity contribution is 4.86. The maximum atomic E-state index is 5.14. The molecule has 2 aliphatic heterocycles. The Bertz CT molecular complexity index is 168. The van der Waals surface area contributed by atoms with Gasteiger partial charge in [-0.25, -0.2) is 0 Å². The molecule has 3 heteroatoms. The van der Waals surface area contributed by atoms with Crippen molar-refractivity contribution in [2.45, 2.75) is 38.4 Å². The quantitative estimate of drug-likeness (QED) is 0.689. The van der Waals surface area contributed by atoms with Crippen molar-refractivity contribution < 1.29 is 4.74 Å². The second-order valence-corrected chi connectivity index (χ2v) is 4.48. The lowest BCUT2D eigenvalue weighted by Gasteiger charge is -2.30. The van der Waals surface area contributed by atoms with Crippen molar-refractivity contribution >= 4 is 0 Å². The first-order valence-corrected chi connectivity index (χ1v) is 5.33. The van der Waals surface area contributed by atoms with Crippen LogP contribution in [0.3, 0.4) is 0 Å². The monoisotopic (exact) mass is 184 g/mol. The van der Waals surface area contributed by atoms with Crippen molar-refractivity contribution in [2.75, 3.05) is 26.3 Å². The van der Waals surface area contributed by atoms with E-state index < -0.39 is 0 Å². The van der Waals surface area contributed by atoms with Gasteiger partial charge in [0.25, 0.3) is 0 Å². The van der Waals surface area contributed by atoms with Gasteiger partial charge in [-0.2, -0.15) is 0 Å². The zero-order valence-corrected chi connectivity index (χ0v) is 8.62. The van der Waals surface area contributed by atoms with Gasteiger partial charge in [0, 0.05) is 18.6 Å². The van der Waals surface area contributed by atoms with Gasteiger partial charge >= 0.3 is 0 Å². The first-order chi connectivity index (χ1) is 6.25. The highest BCUT2D eigenvalue weighted by Gasteiger charge is 2.28. The van der Waals surface area contributed by atoms with Gasteiger partial charge in [-0.05, 0) is 26.8 Å². The van der Waals surface area contributed by atoms with E-state index in [4.69, 9.17) is 4.74 Å². The van der Waals surface area contributed by atoms with Crippen LogP contribution in [0.15, 0.2) is 0 Å². The maximum absolute atomic E-state index is 5.14. The fourth-order valence-corrected chi connectivity index (χ4v) is 2.06. The molecule has 13 heavy (non-hydrogen) atoms. The van der Waals surface area contributed by atoms with Crippen LogP contribution in [0.1, 0.15) is 20.3 Å². The summed E-state index contributed by atoms with van der Waals surface area (Å²) in [5, 5.41) is 3.63. The topological polar surface area (TPSA) is 24.5 Å². The van der Waals surface area contributed by atoms with E-state index in [0.717, 1.165) is 13.2 Å². The van der Waals surface area contributed by atoms with Crippen LogP contribution < -0.4 is 5.32 Å². The molecule has 3 nitrogen and oxygen atoms in total. The van der Waals surface area contributed by atoms with Gasteiger partial charge in [-0.1, -0.05) is 0 Å². The summed E-state index contributed by atoms with van der Waals surface area (Å²) in [6.45, 7) is 8.84. The van der Waals surface area contributed by atoms with Crippen molar-refractivity contribution in [1.29, 1.82) is 0 Å². The van der Waals surface area contributed by atoms with Crippen molar-refractivity contribution in [3.63, 3.8) is 0 Å². The molecule has 0 aromatic rings. The normalized spacial score (nSPS) is 31.2. The van der Waals surface area contributed by atoms with E-state index in [9.17, 15) is 0 Å². The van der Waals surface area contributed by atoms with E-state index in [0.29, 0.717) is 18.1 Å². The molecule has 2 fully saturated rings. The summed E-state index contributed by atoms with van der Waals surface area (Å²) < 4.78 is 5.14. The molecule has 0 bridgehead atoms. The zero-order chi connectivity index (χ0) is 9.26. The Morgan fingerprint density at radius 2 is 2.08 bits per heavy atom. The first-order valence-electron chi connectivity index (χ1n) is 5.33. The minimum Gasteiger partial charge on any atom is -0.378 e. The van der Waals surface area contributed by atoms with Gasteiger partial charge < -0.3 is 10.1 Å². The summed E-state index contributed by atoms with van der Waals surface area (Å²) in [6, 6.07) is 2.04. The lowest BCUT2D eigenvalue weighted by molar-refractivity contribution is -0.00959. The Hall–Kier alpha value is -0.120. The van der Waals surface area contributed by atoms with Gasteiger partial charge in [-0.15, -0.1) is 0 Å². The average Bonchev–Trinajstić information content (AvgIpc) is 2.44. The standard InChI is InChI=1S/C10H20N2O/c1-8(2)12-4-3-9(5-12)11-10-6-13-7-10/h8-11H,3-7H2,1-2H3. The minimum absolute atomic E-state index is 0.636. The molecule has 2 heterocycles. The third-order valence-electron chi connectivity index (χ3n) is 3.06. The summed E-state index contributed by atoms with van der Waals surface area (Å²) in [7, 11) is 0. The SMILES string of the molecule is CC(C)N1CCC(NC2COC2)C1. The van der Waals surface area contributed by atoms with Crippen LogP contribution in [0.5, 0.6) is 0 Å². The van der Waals surface area contributed by atoms with Gasteiger partial charge in [0.2, 0.25) is 0 Å². The molecule has 0 spiro atoms. The van der Waals surface area contributed by atoms with E-state index >= 15 is 0 Å². The first kappa shape index (κ1) is 9.44. The number of ether oxygens (including phenoxy) is 1. The van der Waals surface area contributed by atoms with E-state index in [1.807, 2.05) is 0 Å². The minimum atomic E-state index is 0.636. The molecule has 1 N–H and O–H groups in total.